The summed E-state index contributed by atoms with van der Waals surface area (Å²) in [4.78, 5) is 25.1. The number of esters is 1. The molecule has 0 radical (unpaired) electrons. The average molecular weight is 397 g/mol. The number of methoxy groups -OCH3 is 2. The average Bonchev–Trinajstić information content (AvgIpc) is 2.59. The zero-order chi connectivity index (χ0) is 20.3. The molecule has 0 spiro atoms. The Morgan fingerprint density at radius 1 is 1.15 bits per heavy atom. The summed E-state index contributed by atoms with van der Waals surface area (Å²) in [5, 5.41) is 5.73. The quantitative estimate of drug-likeness (QED) is 0.718. The molecular formula is C19H25ClN2O5. The van der Waals surface area contributed by atoms with Gasteiger partial charge in [0, 0.05) is 11.3 Å². The van der Waals surface area contributed by atoms with E-state index in [1.807, 2.05) is 13.8 Å². The maximum absolute atomic E-state index is 12.8. The lowest BCUT2D eigenvalue weighted by molar-refractivity contribution is -0.143. The van der Waals surface area contributed by atoms with Crippen LogP contribution in [0.15, 0.2) is 23.4 Å². The molecule has 2 N–H and O–H groups in total. The van der Waals surface area contributed by atoms with Crippen LogP contribution in [0.1, 0.15) is 39.3 Å². The lowest BCUT2D eigenvalue weighted by Crippen LogP contribution is -2.47. The number of allylic oxidation sites excluding steroid dienone is 1. The van der Waals surface area contributed by atoms with Crippen molar-refractivity contribution in [1.82, 2.24) is 10.6 Å². The van der Waals surface area contributed by atoms with Gasteiger partial charge < -0.3 is 24.8 Å². The van der Waals surface area contributed by atoms with Crippen LogP contribution in [0.25, 0.3) is 0 Å². The van der Waals surface area contributed by atoms with Crippen molar-refractivity contribution in [2.24, 2.45) is 5.92 Å². The third-order valence-electron chi connectivity index (χ3n) is 4.07. The summed E-state index contributed by atoms with van der Waals surface area (Å²) in [6.45, 7) is 7.30. The van der Waals surface area contributed by atoms with Gasteiger partial charge in [-0.1, -0.05) is 31.5 Å². The van der Waals surface area contributed by atoms with E-state index in [9.17, 15) is 9.59 Å². The minimum Gasteiger partial charge on any atom is -0.493 e. The zero-order valence-electron chi connectivity index (χ0n) is 16.3. The standard InChI is InChI=1S/C19H25ClN2O5/c1-9(2)15-13(18(23)27-10(3)4)16(22-19(24)21-15)11-7-8-12(25-5)17(26-6)14(11)20/h7-10,16H,1-6H3,(H2,21,22,24). The molecule has 0 fully saturated rings. The Kier molecular flexibility index (Phi) is 6.59. The topological polar surface area (TPSA) is 85.9 Å². The summed E-state index contributed by atoms with van der Waals surface area (Å²) in [6, 6.07) is 2.17. The van der Waals surface area contributed by atoms with Gasteiger partial charge in [0.15, 0.2) is 11.5 Å². The summed E-state index contributed by atoms with van der Waals surface area (Å²) in [7, 11) is 2.97. The number of benzene rings is 1. The van der Waals surface area contributed by atoms with E-state index >= 15 is 0 Å². The Labute approximate surface area is 164 Å². The van der Waals surface area contributed by atoms with Crippen molar-refractivity contribution in [2.45, 2.75) is 39.8 Å². The van der Waals surface area contributed by atoms with Crippen LogP contribution in [0.4, 0.5) is 4.79 Å². The monoisotopic (exact) mass is 396 g/mol. The van der Waals surface area contributed by atoms with Gasteiger partial charge in [0.05, 0.1) is 37.0 Å². The molecule has 0 aliphatic carbocycles. The first-order chi connectivity index (χ1) is 12.7. The van der Waals surface area contributed by atoms with Crippen LogP contribution in [-0.2, 0) is 9.53 Å². The van der Waals surface area contributed by atoms with Crippen LogP contribution in [-0.4, -0.2) is 32.3 Å². The number of hydrogen-bond acceptors (Lipinski definition) is 5. The van der Waals surface area contributed by atoms with Crippen LogP contribution in [0.2, 0.25) is 5.02 Å². The Morgan fingerprint density at radius 2 is 1.81 bits per heavy atom. The fraction of sp³-hybridized carbons (Fsp3) is 0.474. The molecule has 1 aromatic carbocycles. The highest BCUT2D eigenvalue weighted by molar-refractivity contribution is 6.33. The Bertz CT molecular complexity index is 774. The second-order valence-electron chi connectivity index (χ2n) is 6.67. The second-order valence-corrected chi connectivity index (χ2v) is 7.05. The van der Waals surface area contributed by atoms with Crippen LogP contribution in [0.3, 0.4) is 0 Å². The number of amides is 2. The molecule has 0 aromatic heterocycles. The third kappa shape index (κ3) is 4.30. The van der Waals surface area contributed by atoms with Gasteiger partial charge in [0.25, 0.3) is 0 Å². The van der Waals surface area contributed by atoms with Gasteiger partial charge in [-0.2, -0.15) is 0 Å². The smallest absolute Gasteiger partial charge is 0.338 e. The van der Waals surface area contributed by atoms with E-state index in [2.05, 4.69) is 10.6 Å². The zero-order valence-corrected chi connectivity index (χ0v) is 17.1. The van der Waals surface area contributed by atoms with E-state index < -0.39 is 18.0 Å². The van der Waals surface area contributed by atoms with Gasteiger partial charge in [-0.15, -0.1) is 0 Å². The van der Waals surface area contributed by atoms with Crippen LogP contribution < -0.4 is 20.1 Å². The Hall–Kier alpha value is -2.41. The molecule has 0 saturated carbocycles. The van der Waals surface area contributed by atoms with Gasteiger partial charge in [-0.05, 0) is 25.8 Å². The molecule has 1 aliphatic rings. The molecule has 1 aromatic rings. The number of halogens is 1. The predicted molar refractivity (Wildman–Crippen MR) is 102 cm³/mol. The fourth-order valence-electron chi connectivity index (χ4n) is 2.91. The molecule has 1 aliphatic heterocycles. The first-order valence-electron chi connectivity index (χ1n) is 8.64. The summed E-state index contributed by atoms with van der Waals surface area (Å²) in [5.74, 6) is 0.155. The highest BCUT2D eigenvalue weighted by Gasteiger charge is 2.37. The van der Waals surface area contributed by atoms with E-state index in [1.165, 1.54) is 14.2 Å². The number of urea groups is 1. The molecular weight excluding hydrogens is 372 g/mol. The lowest BCUT2D eigenvalue weighted by Gasteiger charge is -2.32. The third-order valence-corrected chi connectivity index (χ3v) is 4.46. The first kappa shape index (κ1) is 20.9. The molecule has 1 heterocycles. The highest BCUT2D eigenvalue weighted by Crippen LogP contribution is 2.42. The number of hydrogen-bond donors (Lipinski definition) is 2. The van der Waals surface area contributed by atoms with Gasteiger partial charge in [-0.3, -0.25) is 0 Å². The van der Waals surface area contributed by atoms with E-state index in [4.69, 9.17) is 25.8 Å². The van der Waals surface area contributed by atoms with Gasteiger partial charge in [0.2, 0.25) is 0 Å². The largest absolute Gasteiger partial charge is 0.493 e. The minimum atomic E-state index is -0.783. The predicted octanol–water partition coefficient (Wildman–Crippen LogP) is 3.57. The van der Waals surface area contributed by atoms with Crippen molar-refractivity contribution in [2.75, 3.05) is 14.2 Å². The Morgan fingerprint density at radius 3 is 2.33 bits per heavy atom. The van der Waals surface area contributed by atoms with Crippen LogP contribution in [0.5, 0.6) is 11.5 Å². The molecule has 0 saturated heterocycles. The first-order valence-corrected chi connectivity index (χ1v) is 9.01. The second kappa shape index (κ2) is 8.52. The van der Waals surface area contributed by atoms with Crippen LogP contribution in [0, 0.1) is 5.92 Å². The maximum atomic E-state index is 12.8. The Balaban J connectivity index is 2.66. The van der Waals surface area contributed by atoms with E-state index in [-0.39, 0.29) is 17.0 Å². The number of nitrogens with one attached hydrogen (secondary N) is 2. The van der Waals surface area contributed by atoms with Crippen molar-refractivity contribution in [3.8, 4) is 11.5 Å². The van der Waals surface area contributed by atoms with E-state index in [0.717, 1.165) is 0 Å². The molecule has 1 atom stereocenters. The molecule has 2 amide bonds. The lowest BCUT2D eigenvalue weighted by atomic mass is 9.91. The van der Waals surface area contributed by atoms with Gasteiger partial charge in [-0.25, -0.2) is 9.59 Å². The van der Waals surface area contributed by atoms with Crippen molar-refractivity contribution in [1.29, 1.82) is 0 Å². The number of rotatable bonds is 6. The van der Waals surface area contributed by atoms with E-state index in [0.29, 0.717) is 28.3 Å². The number of ether oxygens (including phenoxy) is 3. The van der Waals surface area contributed by atoms with Crippen molar-refractivity contribution in [3.05, 3.63) is 34.0 Å². The van der Waals surface area contributed by atoms with Crippen molar-refractivity contribution >= 4 is 23.6 Å². The molecule has 1 unspecified atom stereocenters. The van der Waals surface area contributed by atoms with E-state index in [1.54, 1.807) is 26.0 Å². The summed E-state index contributed by atoms with van der Waals surface area (Å²) >= 11 is 6.53. The summed E-state index contributed by atoms with van der Waals surface area (Å²) < 4.78 is 16.0. The fourth-order valence-corrected chi connectivity index (χ4v) is 3.25. The number of carbonyl (C=O) groups is 2. The van der Waals surface area contributed by atoms with Crippen molar-refractivity contribution < 1.29 is 23.8 Å². The summed E-state index contributed by atoms with van der Waals surface area (Å²) in [5.41, 5.74) is 1.32. The van der Waals surface area contributed by atoms with Gasteiger partial charge in [0.1, 0.15) is 0 Å². The molecule has 148 valence electrons. The molecule has 2 rings (SSSR count). The highest BCUT2D eigenvalue weighted by atomic mass is 35.5. The SMILES string of the molecule is COc1ccc(C2NC(=O)NC(C(C)C)=C2C(=O)OC(C)C)c(Cl)c1OC. The normalized spacial score (nSPS) is 16.9. The molecule has 0 bridgehead atoms. The van der Waals surface area contributed by atoms with Crippen LogP contribution >= 0.6 is 11.6 Å². The number of carbonyl (C=O) groups excluding carboxylic acids is 2. The maximum Gasteiger partial charge on any atom is 0.338 e. The summed E-state index contributed by atoms with van der Waals surface area (Å²) in [6.07, 6.45) is -0.308. The minimum absolute atomic E-state index is 0.104. The molecule has 27 heavy (non-hydrogen) atoms. The van der Waals surface area contributed by atoms with Gasteiger partial charge >= 0.3 is 12.0 Å². The molecule has 8 heteroatoms. The molecule has 7 nitrogen and oxygen atoms in total. The van der Waals surface area contributed by atoms with Crippen molar-refractivity contribution in [3.63, 3.8) is 0 Å².